The first-order valence-corrected chi connectivity index (χ1v) is 11.4. The van der Waals surface area contributed by atoms with E-state index in [1.54, 1.807) is 6.92 Å². The topological polar surface area (TPSA) is 46.5 Å². The third-order valence-corrected chi connectivity index (χ3v) is 5.17. The van der Waals surface area contributed by atoms with Gasteiger partial charge in [-0.3, -0.25) is 4.79 Å². The van der Waals surface area contributed by atoms with Crippen LogP contribution in [0.4, 0.5) is 0 Å². The standard InChI is InChI=1S/C23H46O3/c1-4-6-8-10-11-13-18-22(17-12-9-7-5-2)20-23(25)26-19-15-14-16-21(3)24/h21-22,24H,4-20H2,1-3H3. The van der Waals surface area contributed by atoms with Gasteiger partial charge >= 0.3 is 5.97 Å². The molecule has 0 bridgehead atoms. The van der Waals surface area contributed by atoms with Gasteiger partial charge in [0.25, 0.3) is 0 Å². The summed E-state index contributed by atoms with van der Waals surface area (Å²) in [5.74, 6) is 0.483. The summed E-state index contributed by atoms with van der Waals surface area (Å²) in [4.78, 5) is 12.1. The fourth-order valence-corrected chi connectivity index (χ4v) is 3.44. The van der Waals surface area contributed by atoms with Crippen molar-refractivity contribution in [2.24, 2.45) is 5.92 Å². The van der Waals surface area contributed by atoms with Crippen LogP contribution in [0.5, 0.6) is 0 Å². The molecule has 0 aliphatic heterocycles. The third kappa shape index (κ3) is 18.2. The third-order valence-electron chi connectivity index (χ3n) is 5.17. The maximum Gasteiger partial charge on any atom is 0.306 e. The van der Waals surface area contributed by atoms with Crippen LogP contribution in [0.1, 0.15) is 124 Å². The summed E-state index contributed by atoms with van der Waals surface area (Å²) < 4.78 is 5.42. The lowest BCUT2D eigenvalue weighted by Crippen LogP contribution is -2.13. The molecule has 0 heterocycles. The maximum absolute atomic E-state index is 12.1. The molecule has 0 aliphatic rings. The summed E-state index contributed by atoms with van der Waals surface area (Å²) in [6, 6.07) is 0. The van der Waals surface area contributed by atoms with Crippen LogP contribution >= 0.6 is 0 Å². The molecular formula is C23H46O3. The van der Waals surface area contributed by atoms with Gasteiger partial charge in [0.2, 0.25) is 0 Å². The Morgan fingerprint density at radius 2 is 1.27 bits per heavy atom. The molecule has 0 amide bonds. The molecule has 3 heteroatoms. The Morgan fingerprint density at radius 3 is 1.85 bits per heavy atom. The van der Waals surface area contributed by atoms with E-state index in [4.69, 9.17) is 4.74 Å². The molecule has 0 saturated heterocycles. The number of carbonyl (C=O) groups is 1. The smallest absolute Gasteiger partial charge is 0.306 e. The Kier molecular flexibility index (Phi) is 18.8. The fraction of sp³-hybridized carbons (Fsp3) is 0.957. The van der Waals surface area contributed by atoms with Crippen LogP contribution in [0.3, 0.4) is 0 Å². The van der Waals surface area contributed by atoms with E-state index in [-0.39, 0.29) is 12.1 Å². The van der Waals surface area contributed by atoms with E-state index in [2.05, 4.69) is 13.8 Å². The molecule has 2 atom stereocenters. The summed E-state index contributed by atoms with van der Waals surface area (Å²) in [6.45, 7) is 6.80. The van der Waals surface area contributed by atoms with Gasteiger partial charge in [-0.25, -0.2) is 0 Å². The highest BCUT2D eigenvalue weighted by Gasteiger charge is 2.14. The molecule has 0 radical (unpaired) electrons. The van der Waals surface area contributed by atoms with Crippen molar-refractivity contribution in [1.82, 2.24) is 0 Å². The van der Waals surface area contributed by atoms with Crippen molar-refractivity contribution in [2.45, 2.75) is 130 Å². The van der Waals surface area contributed by atoms with Crippen molar-refractivity contribution in [1.29, 1.82) is 0 Å². The zero-order valence-electron chi connectivity index (χ0n) is 17.9. The van der Waals surface area contributed by atoms with E-state index in [0.29, 0.717) is 18.9 Å². The molecule has 2 unspecified atom stereocenters. The minimum Gasteiger partial charge on any atom is -0.466 e. The van der Waals surface area contributed by atoms with E-state index >= 15 is 0 Å². The zero-order valence-corrected chi connectivity index (χ0v) is 17.9. The Morgan fingerprint density at radius 1 is 0.769 bits per heavy atom. The van der Waals surface area contributed by atoms with Crippen molar-refractivity contribution in [2.75, 3.05) is 6.61 Å². The SMILES string of the molecule is CCCCCCCCC(CCCCCC)CC(=O)OCCCCC(C)O. The predicted octanol–water partition coefficient (Wildman–Crippen LogP) is 6.81. The lowest BCUT2D eigenvalue weighted by atomic mass is 9.91. The second kappa shape index (κ2) is 19.2. The highest BCUT2D eigenvalue weighted by Crippen LogP contribution is 2.22. The van der Waals surface area contributed by atoms with E-state index in [9.17, 15) is 9.90 Å². The first-order chi connectivity index (χ1) is 12.6. The van der Waals surface area contributed by atoms with Crippen LogP contribution in [-0.2, 0) is 9.53 Å². The molecule has 156 valence electrons. The number of ether oxygens (including phenoxy) is 1. The monoisotopic (exact) mass is 370 g/mol. The lowest BCUT2D eigenvalue weighted by Gasteiger charge is -2.16. The van der Waals surface area contributed by atoms with Gasteiger partial charge in [0.15, 0.2) is 0 Å². The first kappa shape index (κ1) is 25.4. The molecule has 0 spiro atoms. The summed E-state index contributed by atoms with van der Waals surface area (Å²) >= 11 is 0. The van der Waals surface area contributed by atoms with Crippen LogP contribution in [0.2, 0.25) is 0 Å². The molecule has 3 nitrogen and oxygen atoms in total. The van der Waals surface area contributed by atoms with Gasteiger partial charge in [0, 0.05) is 6.42 Å². The molecular weight excluding hydrogens is 324 g/mol. The van der Waals surface area contributed by atoms with Gasteiger partial charge in [-0.15, -0.1) is 0 Å². The first-order valence-electron chi connectivity index (χ1n) is 11.4. The van der Waals surface area contributed by atoms with Crippen molar-refractivity contribution >= 4 is 5.97 Å². The Labute approximate surface area is 163 Å². The minimum absolute atomic E-state index is 0.0199. The van der Waals surface area contributed by atoms with Crippen LogP contribution in [0.25, 0.3) is 0 Å². The molecule has 0 aromatic carbocycles. The normalized spacial score (nSPS) is 13.5. The summed E-state index contributed by atoms with van der Waals surface area (Å²) in [5.41, 5.74) is 0. The number of aliphatic hydroxyl groups excluding tert-OH is 1. The van der Waals surface area contributed by atoms with Gasteiger partial charge < -0.3 is 9.84 Å². The number of aliphatic hydroxyl groups is 1. The Bertz CT molecular complexity index is 302. The molecule has 0 aliphatic carbocycles. The summed E-state index contributed by atoms with van der Waals surface area (Å²) in [6.07, 6.45) is 18.2. The number of esters is 1. The highest BCUT2D eigenvalue weighted by molar-refractivity contribution is 5.69. The van der Waals surface area contributed by atoms with E-state index in [1.165, 1.54) is 77.0 Å². The average Bonchev–Trinajstić information content (AvgIpc) is 2.60. The van der Waals surface area contributed by atoms with Gasteiger partial charge in [0.1, 0.15) is 0 Å². The molecule has 26 heavy (non-hydrogen) atoms. The molecule has 0 fully saturated rings. The average molecular weight is 371 g/mol. The van der Waals surface area contributed by atoms with Gasteiger partial charge in [-0.05, 0) is 44.9 Å². The van der Waals surface area contributed by atoms with Gasteiger partial charge in [-0.2, -0.15) is 0 Å². The van der Waals surface area contributed by atoms with E-state index in [0.717, 1.165) is 19.3 Å². The van der Waals surface area contributed by atoms with Gasteiger partial charge in [0.05, 0.1) is 12.7 Å². The van der Waals surface area contributed by atoms with Crippen molar-refractivity contribution in [3.8, 4) is 0 Å². The van der Waals surface area contributed by atoms with Crippen LogP contribution < -0.4 is 0 Å². The maximum atomic E-state index is 12.1. The highest BCUT2D eigenvalue weighted by atomic mass is 16.5. The van der Waals surface area contributed by atoms with E-state index < -0.39 is 0 Å². The Balaban J connectivity index is 3.97. The van der Waals surface area contributed by atoms with E-state index in [1.807, 2.05) is 0 Å². The number of hydrogen-bond acceptors (Lipinski definition) is 3. The van der Waals surface area contributed by atoms with Crippen molar-refractivity contribution in [3.63, 3.8) is 0 Å². The fourth-order valence-electron chi connectivity index (χ4n) is 3.44. The van der Waals surface area contributed by atoms with Crippen molar-refractivity contribution in [3.05, 3.63) is 0 Å². The predicted molar refractivity (Wildman–Crippen MR) is 111 cm³/mol. The number of rotatable bonds is 19. The van der Waals surface area contributed by atoms with Gasteiger partial charge in [-0.1, -0.05) is 78.1 Å². The molecule has 0 rings (SSSR count). The summed E-state index contributed by atoms with van der Waals surface area (Å²) in [7, 11) is 0. The lowest BCUT2D eigenvalue weighted by molar-refractivity contribution is -0.145. The van der Waals surface area contributed by atoms with Crippen LogP contribution in [0, 0.1) is 5.92 Å². The molecule has 0 aromatic rings. The molecule has 0 saturated carbocycles. The zero-order chi connectivity index (χ0) is 19.5. The largest absolute Gasteiger partial charge is 0.466 e. The van der Waals surface area contributed by atoms with Crippen LogP contribution in [-0.4, -0.2) is 23.8 Å². The number of hydrogen-bond donors (Lipinski definition) is 1. The molecule has 1 N–H and O–H groups in total. The Hall–Kier alpha value is -0.570. The second-order valence-electron chi connectivity index (χ2n) is 8.04. The van der Waals surface area contributed by atoms with Crippen molar-refractivity contribution < 1.29 is 14.6 Å². The molecule has 0 aromatic heterocycles. The minimum atomic E-state index is -0.254. The van der Waals surface area contributed by atoms with Crippen LogP contribution in [0.15, 0.2) is 0 Å². The quantitative estimate of drug-likeness (QED) is 0.201. The number of unbranched alkanes of at least 4 members (excludes halogenated alkanes) is 9. The second-order valence-corrected chi connectivity index (χ2v) is 8.04. The number of carbonyl (C=O) groups excluding carboxylic acids is 1. The summed E-state index contributed by atoms with van der Waals surface area (Å²) in [5, 5.41) is 9.24.